The Morgan fingerprint density at radius 2 is 1.67 bits per heavy atom. The molecule has 0 spiro atoms. The van der Waals surface area contributed by atoms with Gasteiger partial charge in [-0.15, -0.1) is 0 Å². The molecule has 0 saturated carbocycles. The van der Waals surface area contributed by atoms with E-state index < -0.39 is 8.07 Å². The Kier molecular flexibility index (Phi) is 5.83. The monoisotopic (exact) mass is 167 g/mol. The van der Waals surface area contributed by atoms with E-state index in [2.05, 4.69) is 32.3 Å². The largest absolute Gasteiger partial charge is 1.00 e. The summed E-state index contributed by atoms with van der Waals surface area (Å²) in [4.78, 5) is 0. The Labute approximate surface area is 65.4 Å². The van der Waals surface area contributed by atoms with E-state index in [1.165, 1.54) is 6.04 Å². The number of hydrogen-bond acceptors (Lipinski definition) is 0. The van der Waals surface area contributed by atoms with Gasteiger partial charge in [0.1, 0.15) is 0 Å². The first-order valence-corrected chi connectivity index (χ1v) is 6.95. The van der Waals surface area contributed by atoms with Crippen LogP contribution in [0.1, 0.15) is 6.92 Å². The average molecular weight is 168 g/mol. The summed E-state index contributed by atoms with van der Waals surface area (Å²) in [5, 5.41) is 0. The molecule has 3 heteroatoms. The van der Waals surface area contributed by atoms with E-state index in [1.54, 1.807) is 0 Å². The summed E-state index contributed by atoms with van der Waals surface area (Å²) in [6.45, 7) is 9.34. The first-order chi connectivity index (χ1) is 3.42. The lowest BCUT2D eigenvalue weighted by molar-refractivity contribution is -0.407. The highest BCUT2D eigenvalue weighted by Crippen LogP contribution is 2.08. The van der Waals surface area contributed by atoms with Gasteiger partial charge in [0.05, 0.1) is 14.1 Å². The van der Waals surface area contributed by atoms with Crippen LogP contribution in [0.2, 0.25) is 25.7 Å². The average Bonchev–Trinajstić information content (AvgIpc) is 1.21. The van der Waals surface area contributed by atoms with E-state index >= 15 is 0 Å². The lowest BCUT2D eigenvalue weighted by Gasteiger charge is -2.15. The number of quaternary nitrogens is 1. The van der Waals surface area contributed by atoms with Crippen LogP contribution >= 0.6 is 0 Å². The zero-order valence-corrected chi connectivity index (χ0v) is 8.63. The van der Waals surface area contributed by atoms with Gasteiger partial charge in [0.15, 0.2) is 0 Å². The van der Waals surface area contributed by atoms with Crippen molar-refractivity contribution < 1.29 is 18.1 Å². The lowest BCUT2D eigenvalue weighted by atomic mass is 10.4. The van der Waals surface area contributed by atoms with Crippen LogP contribution in [0.5, 0.6) is 0 Å². The predicted octanol–water partition coefficient (Wildman–Crippen LogP) is -2.04. The van der Waals surface area contributed by atoms with Crippen LogP contribution in [0.25, 0.3) is 0 Å². The molecule has 0 aromatic heterocycles. The third kappa shape index (κ3) is 11.8. The fourth-order valence-corrected chi connectivity index (χ4v) is 3.14. The van der Waals surface area contributed by atoms with E-state index in [0.29, 0.717) is 6.04 Å². The number of hydrogen-bond donors (Lipinski definition) is 1. The van der Waals surface area contributed by atoms with Crippen LogP contribution in [0, 0.1) is 0 Å². The van der Waals surface area contributed by atoms with Crippen molar-refractivity contribution >= 4 is 8.07 Å². The van der Waals surface area contributed by atoms with Gasteiger partial charge >= 0.3 is 0 Å². The van der Waals surface area contributed by atoms with E-state index in [4.69, 9.17) is 0 Å². The SMILES string of the molecule is C[C@H]([NH3+])C[Si](C)(C)C.[Cl-]. The quantitative estimate of drug-likeness (QED) is 0.460. The van der Waals surface area contributed by atoms with Crippen LogP contribution < -0.4 is 18.1 Å². The highest BCUT2D eigenvalue weighted by molar-refractivity contribution is 6.76. The van der Waals surface area contributed by atoms with Crippen molar-refractivity contribution in [2.45, 2.75) is 38.7 Å². The molecule has 0 aliphatic rings. The minimum absolute atomic E-state index is 0. The molecule has 0 aliphatic heterocycles. The second-order valence-corrected chi connectivity index (χ2v) is 9.40. The lowest BCUT2D eigenvalue weighted by Crippen LogP contribution is -3.00. The van der Waals surface area contributed by atoms with Gasteiger partial charge in [0.25, 0.3) is 0 Å². The van der Waals surface area contributed by atoms with Crippen LogP contribution in [0.4, 0.5) is 0 Å². The molecule has 0 unspecified atom stereocenters. The smallest absolute Gasteiger partial charge is 0.0790 e. The maximum absolute atomic E-state index is 3.96. The molecule has 0 heterocycles. The zero-order valence-electron chi connectivity index (χ0n) is 6.87. The van der Waals surface area contributed by atoms with Crippen molar-refractivity contribution in [1.82, 2.24) is 0 Å². The maximum atomic E-state index is 3.96. The van der Waals surface area contributed by atoms with E-state index in [1.807, 2.05) is 0 Å². The van der Waals surface area contributed by atoms with Crippen molar-refractivity contribution in [3.8, 4) is 0 Å². The summed E-state index contributed by atoms with van der Waals surface area (Å²) in [5.74, 6) is 0. The minimum atomic E-state index is -0.783. The first kappa shape index (κ1) is 12.2. The molecule has 0 fully saturated rings. The Morgan fingerprint density at radius 1 is 1.33 bits per heavy atom. The van der Waals surface area contributed by atoms with Crippen molar-refractivity contribution in [2.75, 3.05) is 0 Å². The van der Waals surface area contributed by atoms with Gasteiger partial charge in [-0.1, -0.05) is 19.6 Å². The van der Waals surface area contributed by atoms with Gasteiger partial charge in [0.2, 0.25) is 0 Å². The molecular weight excluding hydrogens is 150 g/mol. The molecule has 58 valence electrons. The van der Waals surface area contributed by atoms with E-state index in [9.17, 15) is 0 Å². The summed E-state index contributed by atoms with van der Waals surface area (Å²) in [7, 11) is -0.783. The van der Waals surface area contributed by atoms with Gasteiger partial charge in [-0.25, -0.2) is 0 Å². The fourth-order valence-electron chi connectivity index (χ4n) is 1.05. The summed E-state index contributed by atoms with van der Waals surface area (Å²) in [5.41, 5.74) is 3.96. The van der Waals surface area contributed by atoms with Gasteiger partial charge in [-0.05, 0) is 13.0 Å². The molecular formula is C6H18ClNSi. The Balaban J connectivity index is 0. The van der Waals surface area contributed by atoms with Crippen LogP contribution in [-0.4, -0.2) is 14.1 Å². The summed E-state index contributed by atoms with van der Waals surface area (Å²) in [6.07, 6.45) is 0. The molecule has 0 rings (SSSR count). The van der Waals surface area contributed by atoms with Crippen molar-refractivity contribution in [2.24, 2.45) is 0 Å². The molecule has 3 N–H and O–H groups in total. The third-order valence-corrected chi connectivity index (χ3v) is 2.88. The molecule has 0 aromatic rings. The second-order valence-electron chi connectivity index (χ2n) is 3.87. The first-order valence-electron chi connectivity index (χ1n) is 3.25. The van der Waals surface area contributed by atoms with Gasteiger partial charge in [0, 0.05) is 0 Å². The normalized spacial score (nSPS) is 14.3. The molecule has 0 amide bonds. The molecule has 0 radical (unpaired) electrons. The highest BCUT2D eigenvalue weighted by Gasteiger charge is 2.16. The topological polar surface area (TPSA) is 27.6 Å². The maximum Gasteiger partial charge on any atom is 0.0790 e. The molecule has 0 saturated heterocycles. The van der Waals surface area contributed by atoms with Crippen molar-refractivity contribution in [1.29, 1.82) is 0 Å². The number of rotatable bonds is 2. The standard InChI is InChI=1S/C6H17NSi.ClH/c1-6(7)5-8(2,3)4;/h6H,5,7H2,1-4H3;1H/t6-;/m0./s1. The van der Waals surface area contributed by atoms with E-state index in [-0.39, 0.29) is 12.4 Å². The van der Waals surface area contributed by atoms with Crippen molar-refractivity contribution in [3.63, 3.8) is 0 Å². The zero-order chi connectivity index (χ0) is 6.78. The van der Waals surface area contributed by atoms with Crippen molar-refractivity contribution in [3.05, 3.63) is 0 Å². The fraction of sp³-hybridized carbons (Fsp3) is 1.00. The molecule has 0 aromatic carbocycles. The summed E-state index contributed by atoms with van der Waals surface area (Å²) < 4.78 is 0. The van der Waals surface area contributed by atoms with Gasteiger partial charge < -0.3 is 18.1 Å². The highest BCUT2D eigenvalue weighted by atomic mass is 35.5. The van der Waals surface area contributed by atoms with Crippen LogP contribution in [0.15, 0.2) is 0 Å². The molecule has 1 nitrogen and oxygen atoms in total. The minimum Gasteiger partial charge on any atom is -1.00 e. The molecule has 0 aliphatic carbocycles. The summed E-state index contributed by atoms with van der Waals surface area (Å²) in [6, 6.07) is 2.01. The Bertz CT molecular complexity index is 67.9. The van der Waals surface area contributed by atoms with Crippen LogP contribution in [-0.2, 0) is 0 Å². The predicted molar refractivity (Wildman–Crippen MR) is 40.5 cm³/mol. The Hall–Kier alpha value is 0.467. The second kappa shape index (κ2) is 4.31. The van der Waals surface area contributed by atoms with Gasteiger partial charge in [-0.3, -0.25) is 0 Å². The number of halogens is 1. The molecule has 9 heavy (non-hydrogen) atoms. The summed E-state index contributed by atoms with van der Waals surface area (Å²) >= 11 is 0. The molecule has 0 bridgehead atoms. The molecule has 1 atom stereocenters. The Morgan fingerprint density at radius 3 is 1.67 bits per heavy atom. The van der Waals surface area contributed by atoms with E-state index in [0.717, 1.165) is 0 Å². The third-order valence-electron chi connectivity index (χ3n) is 0.961. The van der Waals surface area contributed by atoms with Gasteiger partial charge in [-0.2, -0.15) is 0 Å². The van der Waals surface area contributed by atoms with Crippen LogP contribution in [0.3, 0.4) is 0 Å².